The largest absolute Gasteiger partial charge is 0.435 e. The molecule has 7 heteroatoms. The number of nitrogens with two attached hydrogens (primary N) is 1. The van der Waals surface area contributed by atoms with Gasteiger partial charge in [-0.3, -0.25) is 0 Å². The number of rotatable bonds is 1. The van der Waals surface area contributed by atoms with Crippen LogP contribution in [-0.4, -0.2) is 9.78 Å². The third-order valence-electron chi connectivity index (χ3n) is 2.47. The second-order valence-electron chi connectivity index (χ2n) is 3.79. The van der Waals surface area contributed by atoms with E-state index in [-0.39, 0.29) is 5.69 Å². The molecule has 2 aromatic rings. The molecule has 1 aromatic heterocycles. The summed E-state index contributed by atoms with van der Waals surface area (Å²) in [6.45, 7) is 1.76. The summed E-state index contributed by atoms with van der Waals surface area (Å²) in [6.07, 6.45) is -3.60. The first-order chi connectivity index (χ1) is 8.30. The van der Waals surface area contributed by atoms with Crippen LogP contribution in [0.5, 0.6) is 0 Å². The van der Waals surface area contributed by atoms with E-state index in [1.165, 1.54) is 12.1 Å². The summed E-state index contributed by atoms with van der Waals surface area (Å²) in [7, 11) is 0. The van der Waals surface area contributed by atoms with E-state index in [2.05, 4.69) is 5.10 Å². The highest BCUT2D eigenvalue weighted by atomic mass is 35.5. The molecule has 1 heterocycles. The van der Waals surface area contributed by atoms with Crippen LogP contribution in [0.1, 0.15) is 11.3 Å². The molecule has 0 aliphatic carbocycles. The topological polar surface area (TPSA) is 43.8 Å². The van der Waals surface area contributed by atoms with Gasteiger partial charge in [0.05, 0.1) is 17.6 Å². The lowest BCUT2D eigenvalue weighted by atomic mass is 10.2. The molecule has 2 N–H and O–H groups in total. The van der Waals surface area contributed by atoms with Crippen LogP contribution >= 0.6 is 11.6 Å². The third kappa shape index (κ3) is 2.15. The zero-order chi connectivity index (χ0) is 13.5. The van der Waals surface area contributed by atoms with E-state index in [4.69, 9.17) is 17.3 Å². The summed E-state index contributed by atoms with van der Waals surface area (Å²) in [5.41, 5.74) is 4.87. The van der Waals surface area contributed by atoms with Crippen molar-refractivity contribution in [2.75, 3.05) is 5.73 Å². The van der Waals surface area contributed by atoms with Crippen molar-refractivity contribution in [2.24, 2.45) is 0 Å². The maximum Gasteiger partial charge on any atom is 0.435 e. The summed E-state index contributed by atoms with van der Waals surface area (Å²) in [6, 6.07) is 4.54. The van der Waals surface area contributed by atoms with Gasteiger partial charge >= 0.3 is 6.18 Å². The molecule has 0 saturated carbocycles. The molecule has 0 bridgehead atoms. The van der Waals surface area contributed by atoms with Crippen LogP contribution in [0.25, 0.3) is 5.69 Å². The Labute approximate surface area is 106 Å². The normalized spacial score (nSPS) is 11.8. The molecule has 0 aliphatic heterocycles. The van der Waals surface area contributed by atoms with Crippen LogP contribution in [0, 0.1) is 6.92 Å². The number of halogens is 4. The summed E-state index contributed by atoms with van der Waals surface area (Å²) >= 11 is 5.88. The fourth-order valence-corrected chi connectivity index (χ4v) is 1.73. The van der Waals surface area contributed by atoms with Gasteiger partial charge in [0.25, 0.3) is 0 Å². The van der Waals surface area contributed by atoms with Gasteiger partial charge in [0.1, 0.15) is 0 Å². The Kier molecular flexibility index (Phi) is 2.98. The smallest absolute Gasteiger partial charge is 0.396 e. The predicted molar refractivity (Wildman–Crippen MR) is 62.7 cm³/mol. The lowest BCUT2D eigenvalue weighted by Gasteiger charge is -2.12. The standard InChI is InChI=1S/C11H9ClF3N3/c1-6-2-3-7(4-8(6)12)18-10(11(13,14)15)9(16)5-17-18/h2-5H,16H2,1H3. The highest BCUT2D eigenvalue weighted by Gasteiger charge is 2.38. The number of aromatic nitrogens is 2. The van der Waals surface area contributed by atoms with Crippen molar-refractivity contribution in [3.05, 3.63) is 40.7 Å². The summed E-state index contributed by atoms with van der Waals surface area (Å²) < 4.78 is 39.2. The van der Waals surface area contributed by atoms with E-state index in [9.17, 15) is 13.2 Å². The van der Waals surface area contributed by atoms with Gasteiger partial charge in [0.15, 0.2) is 5.69 Å². The van der Waals surface area contributed by atoms with Crippen molar-refractivity contribution in [1.82, 2.24) is 9.78 Å². The van der Waals surface area contributed by atoms with Gasteiger partial charge in [-0.2, -0.15) is 18.3 Å². The second-order valence-corrected chi connectivity index (χ2v) is 4.20. The summed E-state index contributed by atoms with van der Waals surface area (Å²) in [4.78, 5) is 0. The van der Waals surface area contributed by atoms with Crippen molar-refractivity contribution < 1.29 is 13.2 Å². The highest BCUT2D eigenvalue weighted by molar-refractivity contribution is 6.31. The Morgan fingerprint density at radius 3 is 2.56 bits per heavy atom. The average molecular weight is 276 g/mol. The zero-order valence-electron chi connectivity index (χ0n) is 9.29. The number of hydrogen-bond acceptors (Lipinski definition) is 2. The van der Waals surface area contributed by atoms with Gasteiger partial charge in [-0.15, -0.1) is 0 Å². The number of hydrogen-bond donors (Lipinski definition) is 1. The van der Waals surface area contributed by atoms with E-state index in [1.54, 1.807) is 13.0 Å². The minimum absolute atomic E-state index is 0.217. The molecule has 18 heavy (non-hydrogen) atoms. The molecule has 0 unspecified atom stereocenters. The zero-order valence-corrected chi connectivity index (χ0v) is 10.0. The lowest BCUT2D eigenvalue weighted by molar-refractivity contribution is -0.142. The van der Waals surface area contributed by atoms with Crippen LogP contribution in [0.3, 0.4) is 0 Å². The molecule has 3 nitrogen and oxygen atoms in total. The highest BCUT2D eigenvalue weighted by Crippen LogP contribution is 2.35. The van der Waals surface area contributed by atoms with Gasteiger partial charge in [-0.25, -0.2) is 4.68 Å². The maximum atomic E-state index is 12.8. The molecular formula is C11H9ClF3N3. The number of nitrogens with zero attached hydrogens (tertiary/aromatic N) is 2. The third-order valence-corrected chi connectivity index (χ3v) is 2.87. The molecule has 0 amide bonds. The molecule has 0 aliphatic rings. The van der Waals surface area contributed by atoms with Crippen molar-refractivity contribution in [3.63, 3.8) is 0 Å². The van der Waals surface area contributed by atoms with E-state index in [1.807, 2.05) is 0 Å². The van der Waals surface area contributed by atoms with E-state index in [0.29, 0.717) is 5.02 Å². The maximum absolute atomic E-state index is 12.8. The first-order valence-corrected chi connectivity index (χ1v) is 5.35. The van der Waals surface area contributed by atoms with Crippen LogP contribution in [0.2, 0.25) is 5.02 Å². The number of aryl methyl sites for hydroxylation is 1. The lowest BCUT2D eigenvalue weighted by Crippen LogP contribution is -2.15. The van der Waals surface area contributed by atoms with Crippen LogP contribution in [0.4, 0.5) is 18.9 Å². The van der Waals surface area contributed by atoms with Gasteiger partial charge in [0, 0.05) is 5.02 Å². The van der Waals surface area contributed by atoms with Gasteiger partial charge in [0.2, 0.25) is 0 Å². The minimum atomic E-state index is -4.57. The Balaban J connectivity index is 2.61. The van der Waals surface area contributed by atoms with E-state index < -0.39 is 17.6 Å². The van der Waals surface area contributed by atoms with E-state index in [0.717, 1.165) is 16.4 Å². The Hall–Kier alpha value is -1.69. The van der Waals surface area contributed by atoms with Crippen molar-refractivity contribution >= 4 is 17.3 Å². The molecule has 1 aromatic carbocycles. The molecule has 2 rings (SSSR count). The Morgan fingerprint density at radius 1 is 1.33 bits per heavy atom. The number of anilines is 1. The minimum Gasteiger partial charge on any atom is -0.396 e. The monoisotopic (exact) mass is 275 g/mol. The SMILES string of the molecule is Cc1ccc(-n2ncc(N)c2C(F)(F)F)cc1Cl. The Morgan fingerprint density at radius 2 is 2.00 bits per heavy atom. The van der Waals surface area contributed by atoms with Crippen LogP contribution < -0.4 is 5.73 Å². The van der Waals surface area contributed by atoms with Crippen LogP contribution in [0.15, 0.2) is 24.4 Å². The van der Waals surface area contributed by atoms with Gasteiger partial charge in [-0.1, -0.05) is 17.7 Å². The molecule has 0 fully saturated rings. The fourth-order valence-electron chi connectivity index (χ4n) is 1.55. The summed E-state index contributed by atoms with van der Waals surface area (Å²) in [5, 5.41) is 4.01. The quantitative estimate of drug-likeness (QED) is 0.866. The molecule has 0 atom stereocenters. The predicted octanol–water partition coefficient (Wildman–Crippen LogP) is 3.44. The van der Waals surface area contributed by atoms with Crippen molar-refractivity contribution in [3.8, 4) is 5.69 Å². The fraction of sp³-hybridized carbons (Fsp3) is 0.182. The van der Waals surface area contributed by atoms with Gasteiger partial charge in [-0.05, 0) is 24.6 Å². The van der Waals surface area contributed by atoms with Crippen LogP contribution in [-0.2, 0) is 6.18 Å². The molecule has 0 spiro atoms. The number of alkyl halides is 3. The molecule has 0 saturated heterocycles. The molecule has 96 valence electrons. The summed E-state index contributed by atoms with van der Waals surface area (Å²) in [5.74, 6) is 0. The van der Waals surface area contributed by atoms with Crippen molar-refractivity contribution in [1.29, 1.82) is 0 Å². The number of nitrogen functional groups attached to an aromatic ring is 1. The second kappa shape index (κ2) is 4.20. The first kappa shape index (κ1) is 12.8. The average Bonchev–Trinajstić information content (AvgIpc) is 2.64. The molecule has 0 radical (unpaired) electrons. The first-order valence-electron chi connectivity index (χ1n) is 4.98. The number of benzene rings is 1. The Bertz CT molecular complexity index is 590. The molecular weight excluding hydrogens is 267 g/mol. The van der Waals surface area contributed by atoms with Gasteiger partial charge < -0.3 is 5.73 Å². The van der Waals surface area contributed by atoms with E-state index >= 15 is 0 Å². The van der Waals surface area contributed by atoms with Crippen molar-refractivity contribution in [2.45, 2.75) is 13.1 Å².